The smallest absolute Gasteiger partial charge is 0.326 e. The molecule has 2 aromatic carbocycles. The van der Waals surface area contributed by atoms with E-state index in [2.05, 4.69) is 10.3 Å². The van der Waals surface area contributed by atoms with E-state index in [0.717, 1.165) is 31.7 Å². The number of phenols is 1. The Bertz CT molecular complexity index is 1870. The number of carboxylic acids is 1. The molecule has 1 saturated heterocycles. The molecule has 3 heterocycles. The van der Waals surface area contributed by atoms with Crippen LogP contribution in [-0.2, 0) is 19.2 Å². The Hall–Kier alpha value is -4.30. The minimum absolute atomic E-state index is 0.0191. The van der Waals surface area contributed by atoms with E-state index in [1.165, 1.54) is 12.1 Å². The molecule has 0 spiro atoms. The number of ether oxygens (including phenoxy) is 2. The van der Waals surface area contributed by atoms with Gasteiger partial charge in [0.15, 0.2) is 18.1 Å². The summed E-state index contributed by atoms with van der Waals surface area (Å²) >= 11 is 2.70. The molecular formula is C35H37N3O9S2. The summed E-state index contributed by atoms with van der Waals surface area (Å²) in [7, 11) is 0. The van der Waals surface area contributed by atoms with Crippen molar-refractivity contribution in [1.82, 2.24) is 9.88 Å². The summed E-state index contributed by atoms with van der Waals surface area (Å²) in [5.41, 5.74) is 1.37. The van der Waals surface area contributed by atoms with Crippen molar-refractivity contribution in [2.75, 3.05) is 18.5 Å². The summed E-state index contributed by atoms with van der Waals surface area (Å²) in [6.07, 6.45) is 0.869. The molecule has 7 rings (SSSR count). The predicted octanol–water partition coefficient (Wildman–Crippen LogP) is 4.53. The first-order valence-corrected chi connectivity index (χ1v) is 18.1. The third kappa shape index (κ3) is 5.78. The number of rotatable bonds is 11. The van der Waals surface area contributed by atoms with Gasteiger partial charge in [0, 0.05) is 21.7 Å². The molecule has 7 unspecified atom stereocenters. The highest BCUT2D eigenvalue weighted by molar-refractivity contribution is 8.00. The number of imide groups is 1. The Morgan fingerprint density at radius 2 is 1.73 bits per heavy atom. The molecule has 12 nitrogen and oxygen atoms in total. The van der Waals surface area contributed by atoms with Gasteiger partial charge in [-0.25, -0.2) is 4.79 Å². The number of benzene rings is 2. The first-order valence-electron chi connectivity index (χ1n) is 16.4. The number of amides is 3. The van der Waals surface area contributed by atoms with E-state index < -0.39 is 35.7 Å². The van der Waals surface area contributed by atoms with Gasteiger partial charge in [-0.2, -0.15) is 0 Å². The summed E-state index contributed by atoms with van der Waals surface area (Å²) in [4.78, 5) is 70.2. The van der Waals surface area contributed by atoms with E-state index in [1.807, 2.05) is 32.9 Å². The highest BCUT2D eigenvalue weighted by Crippen LogP contribution is 2.68. The Kier molecular flexibility index (Phi) is 8.72. The lowest BCUT2D eigenvalue weighted by Crippen LogP contribution is -2.47. The van der Waals surface area contributed by atoms with E-state index >= 15 is 0 Å². The van der Waals surface area contributed by atoms with Crippen LogP contribution in [0.15, 0.2) is 52.3 Å². The third-order valence-electron chi connectivity index (χ3n) is 10.2. The Labute approximate surface area is 290 Å². The molecule has 4 N–H and O–H groups in total. The minimum Gasteiger partial charge on any atom is -0.508 e. The van der Waals surface area contributed by atoms with E-state index in [-0.39, 0.29) is 64.4 Å². The number of aromatic hydroxyl groups is 1. The summed E-state index contributed by atoms with van der Waals surface area (Å²) < 4.78 is 11.9. The van der Waals surface area contributed by atoms with Gasteiger partial charge in [0.2, 0.25) is 11.8 Å². The molecule has 0 radical (unpaired) electrons. The Balaban J connectivity index is 1.19. The topological polar surface area (TPSA) is 175 Å². The number of hydrogen-bond acceptors (Lipinski definition) is 10. The molecule has 4 aliphatic rings. The molecule has 1 aromatic heterocycles. The van der Waals surface area contributed by atoms with Crippen molar-refractivity contribution in [3.63, 3.8) is 0 Å². The minimum atomic E-state index is -1.20. The second-order valence-electron chi connectivity index (χ2n) is 13.5. The Morgan fingerprint density at radius 1 is 1.02 bits per heavy atom. The zero-order chi connectivity index (χ0) is 34.7. The number of anilines is 1. The lowest BCUT2D eigenvalue weighted by molar-refractivity contribution is -0.156. The zero-order valence-corrected chi connectivity index (χ0v) is 28.7. The van der Waals surface area contributed by atoms with Crippen molar-refractivity contribution < 1.29 is 38.9 Å². The molecule has 3 amide bonds. The number of fused-ring (bicyclic) bond motifs is 9. The van der Waals surface area contributed by atoms with Gasteiger partial charge in [0.05, 0.1) is 23.5 Å². The number of thioether (sulfide) groups is 1. The van der Waals surface area contributed by atoms with Gasteiger partial charge >= 0.3 is 10.8 Å². The van der Waals surface area contributed by atoms with Crippen LogP contribution >= 0.6 is 23.1 Å². The van der Waals surface area contributed by atoms with Gasteiger partial charge in [0.1, 0.15) is 11.8 Å². The number of nitrogens with one attached hydrogen (secondary N) is 2. The first kappa shape index (κ1) is 33.2. The van der Waals surface area contributed by atoms with Crippen molar-refractivity contribution in [3.05, 3.63) is 62.6 Å². The quantitative estimate of drug-likeness (QED) is 0.164. The monoisotopic (exact) mass is 707 g/mol. The third-order valence-corrected chi connectivity index (χ3v) is 12.8. The van der Waals surface area contributed by atoms with Crippen LogP contribution in [0.5, 0.6) is 17.2 Å². The summed E-state index contributed by atoms with van der Waals surface area (Å²) in [6, 6.07) is 10.4. The number of carbonyl (C=O) groups is 4. The van der Waals surface area contributed by atoms with Gasteiger partial charge < -0.3 is 30.0 Å². The number of aromatic nitrogens is 1. The summed E-state index contributed by atoms with van der Waals surface area (Å²) in [5, 5.41) is 23.0. The number of hydrogen-bond donors (Lipinski definition) is 4. The van der Waals surface area contributed by atoms with Crippen LogP contribution in [0.2, 0.25) is 0 Å². The van der Waals surface area contributed by atoms with E-state index in [9.17, 15) is 34.2 Å². The van der Waals surface area contributed by atoms with Gasteiger partial charge in [-0.3, -0.25) is 24.1 Å². The SMILES string of the molecule is CCOc1cc([C@H]2c3sc(=O)[nH]c3SC3C4CC(C5C(=O)N(C(CC(C)C)C(=O)O)C(=O)C45)C32)ccc1OCC(=O)Nc1ccc(O)cc1. The molecule has 2 saturated carbocycles. The van der Waals surface area contributed by atoms with E-state index in [1.54, 1.807) is 30.0 Å². The standard InChI is InChI=1S/C35H37N3O9S2/c1-4-46-23-12-16(5-10-22(23)47-14-24(40)36-17-6-8-18(39)9-7-17)25-26-19-13-20(29(26)48-31-30(25)49-35(45)37-31)28-27(19)32(41)38(33(28)42)21(34(43)44)11-15(2)3/h5-10,12,15,19-21,25-29,39H,4,11,13-14H2,1-3H3,(H,36,40)(H,37,45)(H,43,44)/t19?,20?,21?,25-,26?,27?,28?,29?/m1/s1. The first-order chi connectivity index (χ1) is 23.5. The van der Waals surface area contributed by atoms with Crippen molar-refractivity contribution in [3.8, 4) is 17.2 Å². The summed E-state index contributed by atoms with van der Waals surface area (Å²) in [5.74, 6) is -3.35. The van der Waals surface area contributed by atoms with Crippen molar-refractivity contribution in [1.29, 1.82) is 0 Å². The number of carboxylic acid groups (broad SMARTS) is 1. The molecule has 2 aliphatic heterocycles. The second kappa shape index (κ2) is 12.9. The average Bonchev–Trinajstić information content (AvgIpc) is 3.79. The number of thiazole rings is 1. The largest absolute Gasteiger partial charge is 0.508 e. The number of likely N-dealkylation sites (tertiary alicyclic amines) is 1. The van der Waals surface area contributed by atoms with Gasteiger partial charge in [-0.1, -0.05) is 31.3 Å². The molecule has 2 bridgehead atoms. The number of phenolic OH excluding ortho intramolecular Hbond substituents is 1. The molecule has 3 aromatic rings. The van der Waals surface area contributed by atoms with Crippen LogP contribution in [0, 0.1) is 35.5 Å². The number of aromatic amines is 1. The maximum absolute atomic E-state index is 14.0. The average molecular weight is 708 g/mol. The molecule has 14 heteroatoms. The fourth-order valence-electron chi connectivity index (χ4n) is 8.47. The van der Waals surface area contributed by atoms with Crippen LogP contribution < -0.4 is 19.7 Å². The number of aliphatic carboxylic acids is 1. The molecule has 258 valence electrons. The number of nitrogens with zero attached hydrogens (tertiary/aromatic N) is 1. The van der Waals surface area contributed by atoms with Crippen LogP contribution in [0.25, 0.3) is 0 Å². The molecule has 3 fully saturated rings. The van der Waals surface area contributed by atoms with Crippen molar-refractivity contribution in [2.24, 2.45) is 35.5 Å². The lowest BCUT2D eigenvalue weighted by atomic mass is 9.68. The maximum atomic E-state index is 14.0. The highest BCUT2D eigenvalue weighted by Gasteiger charge is 2.70. The second-order valence-corrected chi connectivity index (χ2v) is 15.7. The zero-order valence-electron chi connectivity index (χ0n) is 27.1. The fraction of sp³-hybridized carbons (Fsp3) is 0.457. The van der Waals surface area contributed by atoms with Gasteiger partial charge in [-0.15, -0.1) is 11.8 Å². The molecule has 8 atom stereocenters. The van der Waals surface area contributed by atoms with Crippen LogP contribution in [0.4, 0.5) is 5.69 Å². The van der Waals surface area contributed by atoms with Crippen LogP contribution in [0.1, 0.15) is 50.0 Å². The molecule has 2 aliphatic carbocycles. The van der Waals surface area contributed by atoms with Crippen molar-refractivity contribution >= 4 is 52.5 Å². The predicted molar refractivity (Wildman–Crippen MR) is 181 cm³/mol. The normalized spacial score (nSPS) is 27.1. The molecular weight excluding hydrogens is 671 g/mol. The van der Waals surface area contributed by atoms with Crippen LogP contribution in [-0.4, -0.2) is 68.3 Å². The van der Waals surface area contributed by atoms with Crippen LogP contribution in [0.3, 0.4) is 0 Å². The van der Waals surface area contributed by atoms with E-state index in [0.29, 0.717) is 30.2 Å². The maximum Gasteiger partial charge on any atom is 0.326 e. The lowest BCUT2D eigenvalue weighted by Gasteiger charge is -2.43. The fourth-order valence-corrected chi connectivity index (χ4v) is 11.4. The van der Waals surface area contributed by atoms with E-state index in [4.69, 9.17) is 9.47 Å². The summed E-state index contributed by atoms with van der Waals surface area (Å²) in [6.45, 7) is 5.63. The van der Waals surface area contributed by atoms with Gasteiger partial charge in [-0.05, 0) is 85.4 Å². The highest BCUT2D eigenvalue weighted by atomic mass is 32.2. The number of carbonyl (C=O) groups excluding carboxylic acids is 3. The molecule has 49 heavy (non-hydrogen) atoms. The van der Waals surface area contributed by atoms with Crippen molar-refractivity contribution in [2.45, 2.75) is 55.8 Å². The van der Waals surface area contributed by atoms with Gasteiger partial charge in [0.25, 0.3) is 5.91 Å². The number of H-pyrrole nitrogens is 1. The Morgan fingerprint density at radius 3 is 2.41 bits per heavy atom.